The van der Waals surface area contributed by atoms with E-state index in [4.69, 9.17) is 22.7 Å². The van der Waals surface area contributed by atoms with E-state index in [9.17, 15) is 4.79 Å². The van der Waals surface area contributed by atoms with Crippen LogP contribution in [0.4, 0.5) is 5.82 Å². The monoisotopic (exact) mass is 268 g/mol. The molecule has 1 aromatic rings. The van der Waals surface area contributed by atoms with Crippen LogP contribution in [-0.4, -0.2) is 33.4 Å². The van der Waals surface area contributed by atoms with E-state index in [0.29, 0.717) is 18.0 Å². The fraction of sp³-hybridized carbons (Fsp3) is 0.545. The van der Waals surface area contributed by atoms with Crippen LogP contribution in [0.5, 0.6) is 0 Å². The molecule has 6 nitrogen and oxygen atoms in total. The number of hydrogen-bond donors (Lipinski definition) is 2. The molecule has 0 radical (unpaired) electrons. The Morgan fingerprint density at radius 1 is 1.67 bits per heavy atom. The topological polar surface area (TPSA) is 82.2 Å². The minimum Gasteiger partial charge on any atom is -0.389 e. The van der Waals surface area contributed by atoms with Gasteiger partial charge in [-0.2, -0.15) is 5.10 Å². The van der Waals surface area contributed by atoms with E-state index in [1.54, 1.807) is 13.2 Å². The molecule has 0 aliphatic carbocycles. The number of nitrogens with two attached hydrogens (primary N) is 1. The highest BCUT2D eigenvalue weighted by molar-refractivity contribution is 7.80. The number of aromatic nitrogens is 2. The average molecular weight is 268 g/mol. The predicted molar refractivity (Wildman–Crippen MR) is 71.3 cm³/mol. The lowest BCUT2D eigenvalue weighted by molar-refractivity contribution is -0.130. The van der Waals surface area contributed by atoms with E-state index in [-0.39, 0.29) is 10.9 Å². The molecular formula is C11H16N4O2S. The van der Waals surface area contributed by atoms with E-state index in [1.165, 1.54) is 4.68 Å². The zero-order chi connectivity index (χ0) is 13.1. The number of thiocarbonyl (C=S) groups is 1. The molecule has 1 aliphatic rings. The van der Waals surface area contributed by atoms with Crippen molar-refractivity contribution in [3.63, 3.8) is 0 Å². The van der Waals surface area contributed by atoms with E-state index in [0.717, 1.165) is 19.3 Å². The number of carbonyl (C=O) groups is 1. The maximum Gasteiger partial charge on any atom is 0.254 e. The van der Waals surface area contributed by atoms with Crippen molar-refractivity contribution in [3.8, 4) is 0 Å². The molecule has 1 atom stereocenters. The minimum atomic E-state index is -0.396. The Labute approximate surface area is 110 Å². The maximum atomic E-state index is 12.0. The van der Waals surface area contributed by atoms with Gasteiger partial charge in [0.1, 0.15) is 16.9 Å². The first-order valence-corrected chi connectivity index (χ1v) is 6.24. The molecule has 1 saturated heterocycles. The Kier molecular flexibility index (Phi) is 3.93. The highest BCUT2D eigenvalue weighted by atomic mass is 32.1. The first-order chi connectivity index (χ1) is 8.59. The zero-order valence-corrected chi connectivity index (χ0v) is 11.0. The van der Waals surface area contributed by atoms with Crippen LogP contribution >= 0.6 is 12.2 Å². The first-order valence-electron chi connectivity index (χ1n) is 5.84. The summed E-state index contributed by atoms with van der Waals surface area (Å²) in [5.41, 5.74) is 6.14. The van der Waals surface area contributed by atoms with Crippen LogP contribution in [0.25, 0.3) is 0 Å². The summed E-state index contributed by atoms with van der Waals surface area (Å²) >= 11 is 4.91. The number of anilines is 1. The number of aryl methyl sites for hydroxylation is 1. The van der Waals surface area contributed by atoms with Crippen molar-refractivity contribution in [2.45, 2.75) is 25.4 Å². The first kappa shape index (κ1) is 13.0. The van der Waals surface area contributed by atoms with Gasteiger partial charge in [-0.25, -0.2) is 0 Å². The van der Waals surface area contributed by atoms with Crippen LogP contribution in [-0.2, 0) is 16.6 Å². The summed E-state index contributed by atoms with van der Waals surface area (Å²) in [6.45, 7) is 0.631. The van der Waals surface area contributed by atoms with Gasteiger partial charge in [0.25, 0.3) is 5.91 Å². The molecule has 3 N–H and O–H groups in total. The van der Waals surface area contributed by atoms with Gasteiger partial charge in [0.2, 0.25) is 0 Å². The third kappa shape index (κ3) is 2.68. The quantitative estimate of drug-likeness (QED) is 0.783. The summed E-state index contributed by atoms with van der Waals surface area (Å²) in [7, 11) is 1.72. The lowest BCUT2D eigenvalue weighted by Crippen LogP contribution is -2.34. The SMILES string of the molecule is Cn1ncc(C(N)=S)c1NC(=O)C1CCCCO1. The lowest BCUT2D eigenvalue weighted by Gasteiger charge is -2.21. The summed E-state index contributed by atoms with van der Waals surface area (Å²) in [5.74, 6) is 0.345. The van der Waals surface area contributed by atoms with Gasteiger partial charge in [0.05, 0.1) is 11.8 Å². The second kappa shape index (κ2) is 5.45. The Morgan fingerprint density at radius 2 is 2.44 bits per heavy atom. The molecule has 1 aromatic heterocycles. The van der Waals surface area contributed by atoms with Crippen LogP contribution < -0.4 is 11.1 Å². The second-order valence-corrected chi connectivity index (χ2v) is 4.68. The van der Waals surface area contributed by atoms with Crippen molar-refractivity contribution in [2.75, 3.05) is 11.9 Å². The number of nitrogens with zero attached hydrogens (tertiary/aromatic N) is 2. The maximum absolute atomic E-state index is 12.0. The van der Waals surface area contributed by atoms with Gasteiger partial charge in [-0.3, -0.25) is 9.48 Å². The van der Waals surface area contributed by atoms with Crippen LogP contribution in [0.15, 0.2) is 6.20 Å². The van der Waals surface area contributed by atoms with Gasteiger partial charge in [-0.15, -0.1) is 0 Å². The lowest BCUT2D eigenvalue weighted by atomic mass is 10.1. The van der Waals surface area contributed by atoms with Gasteiger partial charge in [0.15, 0.2) is 0 Å². The average Bonchev–Trinajstić information content (AvgIpc) is 2.72. The van der Waals surface area contributed by atoms with Gasteiger partial charge in [-0.1, -0.05) is 12.2 Å². The predicted octanol–water partition coefficient (Wildman–Crippen LogP) is 0.562. The molecule has 1 fully saturated rings. The minimum absolute atomic E-state index is 0.171. The zero-order valence-electron chi connectivity index (χ0n) is 10.2. The smallest absolute Gasteiger partial charge is 0.254 e. The molecule has 0 spiro atoms. The molecular weight excluding hydrogens is 252 g/mol. The number of hydrogen-bond acceptors (Lipinski definition) is 4. The number of rotatable bonds is 3. The summed E-state index contributed by atoms with van der Waals surface area (Å²) < 4.78 is 6.96. The van der Waals surface area contributed by atoms with E-state index >= 15 is 0 Å². The second-order valence-electron chi connectivity index (χ2n) is 4.24. The molecule has 2 heterocycles. The standard InChI is InChI=1S/C11H16N4O2S/c1-15-10(7(6-13-15)9(12)18)14-11(16)8-4-2-3-5-17-8/h6,8H,2-5H2,1H3,(H2,12,18)(H,14,16). The summed E-state index contributed by atoms with van der Waals surface area (Å²) in [6, 6.07) is 0. The van der Waals surface area contributed by atoms with Crippen molar-refractivity contribution < 1.29 is 9.53 Å². The normalized spacial score (nSPS) is 19.5. The molecule has 0 bridgehead atoms. The molecule has 2 rings (SSSR count). The summed E-state index contributed by atoms with van der Waals surface area (Å²) in [6.07, 6.45) is 3.90. The van der Waals surface area contributed by atoms with Crippen LogP contribution in [0.1, 0.15) is 24.8 Å². The highest BCUT2D eigenvalue weighted by Gasteiger charge is 2.24. The van der Waals surface area contributed by atoms with Gasteiger partial charge in [0, 0.05) is 13.7 Å². The van der Waals surface area contributed by atoms with Crippen molar-refractivity contribution in [1.82, 2.24) is 9.78 Å². The summed E-state index contributed by atoms with van der Waals surface area (Å²) in [4.78, 5) is 12.2. The molecule has 1 aliphatic heterocycles. The molecule has 18 heavy (non-hydrogen) atoms. The highest BCUT2D eigenvalue weighted by Crippen LogP contribution is 2.18. The van der Waals surface area contributed by atoms with Gasteiger partial charge >= 0.3 is 0 Å². The molecule has 0 aromatic carbocycles. The Morgan fingerprint density at radius 3 is 3.06 bits per heavy atom. The van der Waals surface area contributed by atoms with Crippen molar-refractivity contribution in [1.29, 1.82) is 0 Å². The van der Waals surface area contributed by atoms with Crippen molar-refractivity contribution in [2.24, 2.45) is 12.8 Å². The fourth-order valence-corrected chi connectivity index (χ4v) is 2.06. The molecule has 1 amide bonds. The van der Waals surface area contributed by atoms with E-state index in [1.807, 2.05) is 0 Å². The molecule has 0 saturated carbocycles. The van der Waals surface area contributed by atoms with Crippen LogP contribution in [0.2, 0.25) is 0 Å². The largest absolute Gasteiger partial charge is 0.389 e. The Hall–Kier alpha value is -1.47. The molecule has 98 valence electrons. The Balaban J connectivity index is 2.10. The van der Waals surface area contributed by atoms with E-state index < -0.39 is 6.10 Å². The number of nitrogens with one attached hydrogen (secondary N) is 1. The Bertz CT molecular complexity index is 466. The fourth-order valence-electron chi connectivity index (χ4n) is 1.91. The molecule has 7 heteroatoms. The van der Waals surface area contributed by atoms with Crippen LogP contribution in [0, 0.1) is 0 Å². The molecule has 1 unspecified atom stereocenters. The number of carbonyl (C=O) groups excluding carboxylic acids is 1. The van der Waals surface area contributed by atoms with Crippen molar-refractivity contribution in [3.05, 3.63) is 11.8 Å². The number of ether oxygens (including phenoxy) is 1. The number of amides is 1. The van der Waals surface area contributed by atoms with Crippen LogP contribution in [0.3, 0.4) is 0 Å². The van der Waals surface area contributed by atoms with Crippen molar-refractivity contribution >= 4 is 28.9 Å². The summed E-state index contributed by atoms with van der Waals surface area (Å²) in [5, 5.41) is 6.81. The van der Waals surface area contributed by atoms with Gasteiger partial charge in [-0.05, 0) is 19.3 Å². The van der Waals surface area contributed by atoms with E-state index in [2.05, 4.69) is 10.4 Å². The third-order valence-electron chi connectivity index (χ3n) is 2.92. The van der Waals surface area contributed by atoms with Gasteiger partial charge < -0.3 is 15.8 Å². The third-order valence-corrected chi connectivity index (χ3v) is 3.14.